The third-order valence-electron chi connectivity index (χ3n) is 4.76. The van der Waals surface area contributed by atoms with E-state index >= 15 is 0 Å². The van der Waals surface area contributed by atoms with Gasteiger partial charge in [0.2, 0.25) is 18.4 Å². The zero-order chi connectivity index (χ0) is 22.8. The van der Waals surface area contributed by atoms with Gasteiger partial charge in [-0.05, 0) is 38.8 Å². The number of carbonyl (C=O) groups excluding carboxylic acids is 2. The van der Waals surface area contributed by atoms with E-state index in [2.05, 4.69) is 13.2 Å². The Morgan fingerprint density at radius 2 is 1.10 bits per heavy atom. The van der Waals surface area contributed by atoms with Crippen molar-refractivity contribution in [2.75, 3.05) is 0 Å². The van der Waals surface area contributed by atoms with Crippen molar-refractivity contribution >= 4 is 11.9 Å². The highest BCUT2D eigenvalue weighted by Crippen LogP contribution is 2.51. The van der Waals surface area contributed by atoms with Gasteiger partial charge in [0.05, 0.1) is 0 Å². The molecule has 31 heavy (non-hydrogen) atoms. The first kappa shape index (κ1) is 22.5. The number of ether oxygens (including phenoxy) is 4. The summed E-state index contributed by atoms with van der Waals surface area (Å²) in [5.41, 5.74) is 3.76. The maximum Gasteiger partial charge on any atom is 0.335 e. The molecule has 2 aromatic carbocycles. The molecule has 0 saturated carbocycles. The third kappa shape index (κ3) is 4.45. The van der Waals surface area contributed by atoms with E-state index in [1.165, 1.54) is 0 Å². The molecule has 3 rings (SSSR count). The molecule has 1 aliphatic rings. The Bertz CT molecular complexity index is 954. The second-order valence-corrected chi connectivity index (χ2v) is 7.45. The SMILES string of the molecule is C=C(C)C(=O)OC(C)OC1(OC(C)OC(=O)C(=C)C)c2ccccc2-c2ccccc21. The van der Waals surface area contributed by atoms with Gasteiger partial charge in [-0.2, -0.15) is 0 Å². The Morgan fingerprint density at radius 3 is 1.45 bits per heavy atom. The van der Waals surface area contributed by atoms with Crippen molar-refractivity contribution in [2.24, 2.45) is 0 Å². The third-order valence-corrected chi connectivity index (χ3v) is 4.76. The molecule has 0 spiro atoms. The second kappa shape index (κ2) is 8.88. The lowest BCUT2D eigenvalue weighted by Gasteiger charge is -2.36. The maximum atomic E-state index is 12.0. The van der Waals surface area contributed by atoms with Gasteiger partial charge < -0.3 is 18.9 Å². The summed E-state index contributed by atoms with van der Waals surface area (Å²) >= 11 is 0. The van der Waals surface area contributed by atoms with Crippen LogP contribution in [0.1, 0.15) is 38.8 Å². The lowest BCUT2D eigenvalue weighted by molar-refractivity contribution is -0.323. The van der Waals surface area contributed by atoms with Crippen molar-refractivity contribution in [2.45, 2.75) is 46.1 Å². The molecule has 6 nitrogen and oxygen atoms in total. The molecule has 0 radical (unpaired) electrons. The highest BCUT2D eigenvalue weighted by molar-refractivity contribution is 5.87. The monoisotopic (exact) mass is 422 g/mol. The lowest BCUT2D eigenvalue weighted by atomic mass is 10.0. The molecule has 0 aromatic heterocycles. The Kier molecular flexibility index (Phi) is 6.43. The van der Waals surface area contributed by atoms with Gasteiger partial charge in [0, 0.05) is 22.3 Å². The van der Waals surface area contributed by atoms with Crippen molar-refractivity contribution in [1.82, 2.24) is 0 Å². The first-order chi connectivity index (χ1) is 14.7. The minimum absolute atomic E-state index is 0.251. The van der Waals surface area contributed by atoms with Crippen molar-refractivity contribution in [3.8, 4) is 11.1 Å². The summed E-state index contributed by atoms with van der Waals surface area (Å²) in [6, 6.07) is 15.2. The average Bonchev–Trinajstić information content (AvgIpc) is 2.98. The number of hydrogen-bond acceptors (Lipinski definition) is 6. The van der Waals surface area contributed by atoms with Crippen LogP contribution in [-0.2, 0) is 34.3 Å². The van der Waals surface area contributed by atoms with E-state index in [9.17, 15) is 9.59 Å². The lowest BCUT2D eigenvalue weighted by Crippen LogP contribution is -2.41. The van der Waals surface area contributed by atoms with Crippen molar-refractivity contribution in [3.63, 3.8) is 0 Å². The van der Waals surface area contributed by atoms with Crippen molar-refractivity contribution in [1.29, 1.82) is 0 Å². The molecule has 162 valence electrons. The van der Waals surface area contributed by atoms with E-state index in [0.717, 1.165) is 11.1 Å². The van der Waals surface area contributed by atoms with E-state index in [1.807, 2.05) is 48.5 Å². The van der Waals surface area contributed by atoms with Crippen molar-refractivity contribution < 1.29 is 28.5 Å². The van der Waals surface area contributed by atoms with Gasteiger partial charge in [-0.1, -0.05) is 61.7 Å². The van der Waals surface area contributed by atoms with Crippen LogP contribution in [0.4, 0.5) is 0 Å². The highest BCUT2D eigenvalue weighted by atomic mass is 16.8. The molecular weight excluding hydrogens is 396 g/mol. The van der Waals surface area contributed by atoms with Crippen LogP contribution in [0.25, 0.3) is 11.1 Å². The normalized spacial score (nSPS) is 15.2. The Morgan fingerprint density at radius 1 is 0.742 bits per heavy atom. The Labute approximate surface area is 182 Å². The summed E-state index contributed by atoms with van der Waals surface area (Å²) in [5, 5.41) is 0. The van der Waals surface area contributed by atoms with E-state index in [-0.39, 0.29) is 11.1 Å². The van der Waals surface area contributed by atoms with Crippen LogP contribution in [0.5, 0.6) is 0 Å². The van der Waals surface area contributed by atoms with Gasteiger partial charge >= 0.3 is 11.9 Å². The maximum absolute atomic E-state index is 12.0. The number of hydrogen-bond donors (Lipinski definition) is 0. The quantitative estimate of drug-likeness (QED) is 0.345. The first-order valence-corrected chi connectivity index (χ1v) is 9.93. The molecule has 0 bridgehead atoms. The van der Waals surface area contributed by atoms with Crippen LogP contribution in [0.3, 0.4) is 0 Å². The zero-order valence-corrected chi connectivity index (χ0v) is 18.1. The number of carbonyl (C=O) groups is 2. The molecule has 2 aromatic rings. The average molecular weight is 422 g/mol. The van der Waals surface area contributed by atoms with Gasteiger partial charge in [0.25, 0.3) is 0 Å². The van der Waals surface area contributed by atoms with Crippen LogP contribution in [0.15, 0.2) is 72.8 Å². The van der Waals surface area contributed by atoms with Crippen LogP contribution in [0, 0.1) is 0 Å². The molecule has 2 atom stereocenters. The smallest absolute Gasteiger partial charge is 0.335 e. The van der Waals surface area contributed by atoms with Crippen LogP contribution in [0.2, 0.25) is 0 Å². The molecule has 0 amide bonds. The minimum Gasteiger partial charge on any atom is -0.433 e. The van der Waals surface area contributed by atoms with Gasteiger partial charge in [-0.15, -0.1) is 0 Å². The second-order valence-electron chi connectivity index (χ2n) is 7.45. The van der Waals surface area contributed by atoms with Crippen LogP contribution in [-0.4, -0.2) is 24.5 Å². The predicted octanol–water partition coefficient (Wildman–Crippen LogP) is 4.83. The fourth-order valence-corrected chi connectivity index (χ4v) is 3.45. The largest absolute Gasteiger partial charge is 0.433 e. The molecule has 1 aliphatic carbocycles. The summed E-state index contributed by atoms with van der Waals surface area (Å²) in [5.74, 6) is -2.62. The van der Waals surface area contributed by atoms with E-state index in [0.29, 0.717) is 11.1 Å². The van der Waals surface area contributed by atoms with E-state index < -0.39 is 30.3 Å². The molecular formula is C25H26O6. The van der Waals surface area contributed by atoms with Crippen molar-refractivity contribution in [3.05, 3.63) is 84.0 Å². The molecule has 0 aliphatic heterocycles. The van der Waals surface area contributed by atoms with Crippen LogP contribution >= 0.6 is 0 Å². The Balaban J connectivity index is 2.05. The van der Waals surface area contributed by atoms with Gasteiger partial charge in [0.1, 0.15) is 0 Å². The highest BCUT2D eigenvalue weighted by Gasteiger charge is 2.49. The summed E-state index contributed by atoms with van der Waals surface area (Å²) in [4.78, 5) is 24.1. The molecule has 2 unspecified atom stereocenters. The zero-order valence-electron chi connectivity index (χ0n) is 18.1. The topological polar surface area (TPSA) is 71.1 Å². The summed E-state index contributed by atoms with van der Waals surface area (Å²) < 4.78 is 23.3. The standard InChI is InChI=1S/C25H26O6/c1-15(2)23(26)28-17(5)30-25(31-18(6)29-24(27)16(3)4)21-13-9-7-11-19(21)20-12-8-10-14-22(20)25/h7-14,17-18H,1,3H2,2,4-6H3. The molecule has 0 N–H and O–H groups in total. The van der Waals surface area contributed by atoms with Gasteiger partial charge in [-0.3, -0.25) is 0 Å². The summed E-state index contributed by atoms with van der Waals surface area (Å²) in [7, 11) is 0. The number of rotatable bonds is 8. The summed E-state index contributed by atoms with van der Waals surface area (Å²) in [6.07, 6.45) is -1.96. The number of benzene rings is 2. The molecule has 0 heterocycles. The van der Waals surface area contributed by atoms with Gasteiger partial charge in [-0.25, -0.2) is 9.59 Å². The van der Waals surface area contributed by atoms with E-state index in [1.54, 1.807) is 27.7 Å². The molecule has 0 fully saturated rings. The first-order valence-electron chi connectivity index (χ1n) is 9.93. The Hall–Kier alpha value is -3.22. The minimum atomic E-state index is -1.46. The number of esters is 2. The summed E-state index contributed by atoms with van der Waals surface area (Å²) in [6.45, 7) is 13.5. The number of fused-ring (bicyclic) bond motifs is 3. The van der Waals surface area contributed by atoms with E-state index in [4.69, 9.17) is 18.9 Å². The fourth-order valence-electron chi connectivity index (χ4n) is 3.45. The van der Waals surface area contributed by atoms with Crippen LogP contribution < -0.4 is 0 Å². The fraction of sp³-hybridized carbons (Fsp3) is 0.280. The predicted molar refractivity (Wildman–Crippen MR) is 116 cm³/mol. The molecule has 0 saturated heterocycles. The molecule has 6 heteroatoms. The van der Waals surface area contributed by atoms with Gasteiger partial charge in [0.15, 0.2) is 0 Å².